The number of nitrogens with zero attached hydrogens (tertiary/aromatic N) is 2. The highest BCUT2D eigenvalue weighted by Gasteiger charge is 2.11. The van der Waals surface area contributed by atoms with Crippen LogP contribution in [0.4, 0.5) is 10.3 Å². The molecule has 2 N–H and O–H groups in total. The third-order valence-corrected chi connectivity index (χ3v) is 5.70. The molecule has 4 rings (SSSR count). The van der Waals surface area contributed by atoms with Gasteiger partial charge in [0.1, 0.15) is 11.4 Å². The van der Waals surface area contributed by atoms with Crippen LogP contribution in [0.5, 0.6) is 0 Å². The highest BCUT2D eigenvalue weighted by molar-refractivity contribution is 7.15. The van der Waals surface area contributed by atoms with Crippen LogP contribution in [0.2, 0.25) is 0 Å². The van der Waals surface area contributed by atoms with Crippen LogP contribution in [0.25, 0.3) is 23.5 Å². The molecular formula is C24H18N4O2S2. The molecule has 0 radical (unpaired) electrons. The lowest BCUT2D eigenvalue weighted by Crippen LogP contribution is -2.07. The number of carbonyl (C=O) groups is 2. The third kappa shape index (κ3) is 6.07. The molecule has 0 aliphatic rings. The molecule has 4 aromatic rings. The first kappa shape index (κ1) is 21.4. The quantitative estimate of drug-likeness (QED) is 0.355. The number of hydrogen-bond acceptors (Lipinski definition) is 6. The minimum absolute atomic E-state index is 0.258. The van der Waals surface area contributed by atoms with Crippen molar-refractivity contribution in [3.05, 3.63) is 94.7 Å². The summed E-state index contributed by atoms with van der Waals surface area (Å²) in [5.41, 5.74) is 3.15. The lowest BCUT2D eigenvalue weighted by Gasteiger charge is -1.97. The maximum atomic E-state index is 12.1. The molecule has 8 heteroatoms. The SMILES string of the molecule is O=C(C=Cc1ccccc1)Nc1nc(-c2csc(NC(=O)C=Cc3ccccc3)n2)cs1. The second-order valence-corrected chi connectivity index (χ2v) is 8.26. The Morgan fingerprint density at radius 2 is 1.06 bits per heavy atom. The second kappa shape index (κ2) is 10.4. The Morgan fingerprint density at radius 1 is 0.656 bits per heavy atom. The highest BCUT2D eigenvalue weighted by atomic mass is 32.1. The zero-order chi connectivity index (χ0) is 22.2. The number of nitrogens with one attached hydrogen (secondary N) is 2. The van der Waals surface area contributed by atoms with E-state index >= 15 is 0 Å². The van der Waals surface area contributed by atoms with Crippen molar-refractivity contribution in [2.24, 2.45) is 0 Å². The largest absolute Gasteiger partial charge is 0.298 e. The van der Waals surface area contributed by atoms with Crippen LogP contribution in [0.1, 0.15) is 11.1 Å². The van der Waals surface area contributed by atoms with Gasteiger partial charge in [-0.05, 0) is 23.3 Å². The summed E-state index contributed by atoms with van der Waals surface area (Å²) in [6, 6.07) is 19.2. The minimum Gasteiger partial charge on any atom is -0.298 e. The normalized spacial score (nSPS) is 11.1. The van der Waals surface area contributed by atoms with Gasteiger partial charge >= 0.3 is 0 Å². The predicted molar refractivity (Wildman–Crippen MR) is 131 cm³/mol. The van der Waals surface area contributed by atoms with Crippen LogP contribution in [0, 0.1) is 0 Å². The Bertz CT molecular complexity index is 1160. The van der Waals surface area contributed by atoms with Gasteiger partial charge < -0.3 is 0 Å². The Morgan fingerprint density at radius 3 is 1.47 bits per heavy atom. The molecule has 0 aliphatic carbocycles. The van der Waals surface area contributed by atoms with E-state index in [0.717, 1.165) is 11.1 Å². The lowest BCUT2D eigenvalue weighted by atomic mass is 10.2. The molecule has 0 unspecified atom stereocenters. The zero-order valence-electron chi connectivity index (χ0n) is 16.8. The average molecular weight is 459 g/mol. The van der Waals surface area contributed by atoms with Crippen LogP contribution < -0.4 is 10.6 Å². The summed E-state index contributed by atoms with van der Waals surface area (Å²) in [7, 11) is 0. The van der Waals surface area contributed by atoms with E-state index in [4.69, 9.17) is 0 Å². The highest BCUT2D eigenvalue weighted by Crippen LogP contribution is 2.28. The predicted octanol–water partition coefficient (Wildman–Crippen LogP) is 5.57. The number of benzene rings is 2. The molecule has 32 heavy (non-hydrogen) atoms. The fourth-order valence-electron chi connectivity index (χ4n) is 2.66. The van der Waals surface area contributed by atoms with Crippen molar-refractivity contribution in [3.63, 3.8) is 0 Å². The number of rotatable bonds is 7. The smallest absolute Gasteiger partial charge is 0.250 e. The molecule has 158 valence electrons. The van der Waals surface area contributed by atoms with Gasteiger partial charge in [0.2, 0.25) is 11.8 Å². The van der Waals surface area contributed by atoms with Crippen molar-refractivity contribution < 1.29 is 9.59 Å². The summed E-state index contributed by atoms with van der Waals surface area (Å²) < 4.78 is 0. The topological polar surface area (TPSA) is 84.0 Å². The molecule has 0 atom stereocenters. The van der Waals surface area contributed by atoms with Crippen molar-refractivity contribution in [3.8, 4) is 11.4 Å². The van der Waals surface area contributed by atoms with Crippen molar-refractivity contribution in [2.45, 2.75) is 0 Å². The summed E-state index contributed by atoms with van der Waals surface area (Å²) in [5, 5.41) is 10.1. The van der Waals surface area contributed by atoms with Gasteiger partial charge in [-0.15, -0.1) is 22.7 Å². The number of hydrogen-bond donors (Lipinski definition) is 2. The molecule has 0 aliphatic heterocycles. The van der Waals surface area contributed by atoms with E-state index in [9.17, 15) is 9.59 Å². The maximum Gasteiger partial charge on any atom is 0.250 e. The van der Waals surface area contributed by atoms with Gasteiger partial charge in [0.15, 0.2) is 10.3 Å². The van der Waals surface area contributed by atoms with E-state index in [1.54, 1.807) is 12.2 Å². The van der Waals surface area contributed by atoms with E-state index < -0.39 is 0 Å². The van der Waals surface area contributed by atoms with E-state index in [2.05, 4.69) is 20.6 Å². The molecule has 2 heterocycles. The molecule has 0 saturated heterocycles. The first-order chi connectivity index (χ1) is 15.7. The van der Waals surface area contributed by atoms with Crippen LogP contribution in [-0.2, 0) is 9.59 Å². The van der Waals surface area contributed by atoms with Gasteiger partial charge in [0.05, 0.1) is 0 Å². The molecule has 0 saturated carbocycles. The number of thiazole rings is 2. The van der Waals surface area contributed by atoms with Gasteiger partial charge in [0, 0.05) is 22.9 Å². The van der Waals surface area contributed by atoms with Crippen molar-refractivity contribution >= 4 is 56.9 Å². The molecule has 6 nitrogen and oxygen atoms in total. The summed E-state index contributed by atoms with van der Waals surface area (Å²) in [4.78, 5) is 33.1. The Hall–Kier alpha value is -3.88. The number of anilines is 2. The Kier molecular flexibility index (Phi) is 6.96. The van der Waals surface area contributed by atoms with E-state index in [0.29, 0.717) is 21.7 Å². The standard InChI is InChI=1S/C24H18N4O2S2/c29-21(13-11-17-7-3-1-4-8-17)27-23-25-19(15-31-23)20-16-32-24(26-20)28-22(30)14-12-18-9-5-2-6-10-18/h1-16H,(H,25,27,29)(H,26,28,30). The summed E-state index contributed by atoms with van der Waals surface area (Å²) >= 11 is 2.62. The minimum atomic E-state index is -0.258. The lowest BCUT2D eigenvalue weighted by molar-refractivity contribution is -0.112. The first-order valence-corrected chi connectivity index (χ1v) is 11.4. The zero-order valence-corrected chi connectivity index (χ0v) is 18.4. The molecule has 2 aromatic carbocycles. The average Bonchev–Trinajstić information content (AvgIpc) is 3.47. The van der Waals surface area contributed by atoms with Gasteiger partial charge in [-0.2, -0.15) is 0 Å². The third-order valence-electron chi connectivity index (χ3n) is 4.18. The van der Waals surface area contributed by atoms with E-state index in [1.165, 1.54) is 34.8 Å². The number of aromatic nitrogens is 2. The maximum absolute atomic E-state index is 12.1. The Balaban J connectivity index is 1.33. The number of carbonyl (C=O) groups excluding carboxylic acids is 2. The fourth-order valence-corrected chi connectivity index (χ4v) is 4.08. The van der Waals surface area contributed by atoms with Crippen LogP contribution in [-0.4, -0.2) is 21.8 Å². The van der Waals surface area contributed by atoms with Crippen molar-refractivity contribution in [2.75, 3.05) is 10.6 Å². The van der Waals surface area contributed by atoms with Gasteiger partial charge in [-0.3, -0.25) is 20.2 Å². The molecular weight excluding hydrogens is 440 g/mol. The summed E-state index contributed by atoms with van der Waals surface area (Å²) in [6.45, 7) is 0. The monoisotopic (exact) mass is 458 g/mol. The Labute approximate surface area is 193 Å². The molecule has 2 amide bonds. The van der Waals surface area contributed by atoms with Crippen LogP contribution in [0.15, 0.2) is 83.6 Å². The van der Waals surface area contributed by atoms with Gasteiger partial charge in [-0.25, -0.2) is 9.97 Å². The molecule has 0 spiro atoms. The summed E-state index contributed by atoms with van der Waals surface area (Å²) in [5.74, 6) is -0.516. The van der Waals surface area contributed by atoms with E-state index in [-0.39, 0.29) is 11.8 Å². The van der Waals surface area contributed by atoms with Crippen molar-refractivity contribution in [1.82, 2.24) is 9.97 Å². The first-order valence-electron chi connectivity index (χ1n) is 9.65. The fraction of sp³-hybridized carbons (Fsp3) is 0. The molecule has 2 aromatic heterocycles. The van der Waals surface area contributed by atoms with Crippen LogP contribution >= 0.6 is 22.7 Å². The number of amides is 2. The van der Waals surface area contributed by atoms with Crippen LogP contribution in [0.3, 0.4) is 0 Å². The van der Waals surface area contributed by atoms with Gasteiger partial charge in [0.25, 0.3) is 0 Å². The molecule has 0 fully saturated rings. The van der Waals surface area contributed by atoms with Gasteiger partial charge in [-0.1, -0.05) is 60.7 Å². The second-order valence-electron chi connectivity index (χ2n) is 6.54. The van der Waals surface area contributed by atoms with E-state index in [1.807, 2.05) is 71.4 Å². The van der Waals surface area contributed by atoms with Crippen molar-refractivity contribution in [1.29, 1.82) is 0 Å². The summed E-state index contributed by atoms with van der Waals surface area (Å²) in [6.07, 6.45) is 6.42. The molecule has 0 bridgehead atoms.